The van der Waals surface area contributed by atoms with Crippen molar-refractivity contribution in [1.29, 1.82) is 0 Å². The lowest BCUT2D eigenvalue weighted by Gasteiger charge is -2.26. The Morgan fingerprint density at radius 3 is 2.35 bits per heavy atom. The van der Waals surface area contributed by atoms with Crippen molar-refractivity contribution in [2.45, 2.75) is 37.8 Å². The summed E-state index contributed by atoms with van der Waals surface area (Å²) in [4.78, 5) is 2.35. The lowest BCUT2D eigenvalue weighted by molar-refractivity contribution is 0.0651. The number of benzene rings is 3. The highest BCUT2D eigenvalue weighted by molar-refractivity contribution is 7.86. The van der Waals surface area contributed by atoms with Crippen molar-refractivity contribution in [3.63, 3.8) is 0 Å². The third kappa shape index (κ3) is 6.52. The van der Waals surface area contributed by atoms with E-state index in [9.17, 15) is 13.5 Å². The van der Waals surface area contributed by atoms with Crippen LogP contribution in [0.25, 0.3) is 6.08 Å². The van der Waals surface area contributed by atoms with Gasteiger partial charge in [0.05, 0.1) is 23.2 Å². The van der Waals surface area contributed by atoms with Crippen LogP contribution in [0.5, 0.6) is 5.75 Å². The fraction of sp³-hybridized carbons (Fsp3) is 0.310. The van der Waals surface area contributed by atoms with Gasteiger partial charge in [0.25, 0.3) is 10.1 Å². The zero-order chi connectivity index (χ0) is 26.4. The molecular formula is C29H34N2O5S. The number of aryl methyl sites for hydroxylation is 1. The molecule has 0 aliphatic carbocycles. The zero-order valence-electron chi connectivity index (χ0n) is 21.4. The average Bonchev–Trinajstić information content (AvgIpc) is 2.92. The molecule has 8 heteroatoms. The SMILES string of the molecule is CCN(CC)c1ccc([C@@H]2C=Cc3cccc(OCC(O)COS(=O)(=O)c4ccc(C)cc4)c3N2)cc1. The number of fused-ring (bicyclic) bond motifs is 1. The van der Waals surface area contributed by atoms with Crippen molar-refractivity contribution in [3.8, 4) is 5.75 Å². The largest absolute Gasteiger partial charge is 0.489 e. The average molecular weight is 523 g/mol. The molecule has 0 aromatic heterocycles. The van der Waals surface area contributed by atoms with Crippen molar-refractivity contribution in [2.24, 2.45) is 0 Å². The first-order chi connectivity index (χ1) is 17.8. The van der Waals surface area contributed by atoms with Gasteiger partial charge < -0.3 is 20.1 Å². The van der Waals surface area contributed by atoms with Crippen LogP contribution in [0.4, 0.5) is 11.4 Å². The van der Waals surface area contributed by atoms with Gasteiger partial charge in [0.1, 0.15) is 18.5 Å². The van der Waals surface area contributed by atoms with Crippen molar-refractivity contribution in [2.75, 3.05) is 36.5 Å². The highest BCUT2D eigenvalue weighted by Gasteiger charge is 2.21. The Hall–Kier alpha value is -3.33. The first-order valence-corrected chi connectivity index (χ1v) is 13.9. The lowest BCUT2D eigenvalue weighted by Crippen LogP contribution is -2.26. The molecule has 196 valence electrons. The van der Waals surface area contributed by atoms with Gasteiger partial charge in [-0.05, 0) is 56.7 Å². The van der Waals surface area contributed by atoms with Gasteiger partial charge >= 0.3 is 0 Å². The number of nitrogens with zero attached hydrogens (tertiary/aromatic N) is 1. The Kier molecular flexibility index (Phi) is 8.53. The predicted octanol–water partition coefficient (Wildman–Crippen LogP) is 5.17. The highest BCUT2D eigenvalue weighted by Crippen LogP contribution is 2.37. The molecule has 2 N–H and O–H groups in total. The van der Waals surface area contributed by atoms with Crippen LogP contribution in [0.3, 0.4) is 0 Å². The van der Waals surface area contributed by atoms with Crippen LogP contribution in [0.2, 0.25) is 0 Å². The van der Waals surface area contributed by atoms with Gasteiger partial charge in [-0.25, -0.2) is 0 Å². The molecule has 0 saturated carbocycles. The number of para-hydroxylation sites is 1. The first kappa shape index (κ1) is 26.7. The summed E-state index contributed by atoms with van der Waals surface area (Å²) in [6.45, 7) is 7.56. The number of rotatable bonds is 11. The van der Waals surface area contributed by atoms with Gasteiger partial charge in [-0.2, -0.15) is 8.42 Å². The van der Waals surface area contributed by atoms with E-state index in [0.717, 1.165) is 35.5 Å². The maximum Gasteiger partial charge on any atom is 0.297 e. The molecule has 4 rings (SSSR count). The minimum atomic E-state index is -3.96. The molecule has 3 aromatic carbocycles. The van der Waals surface area contributed by atoms with E-state index in [0.29, 0.717) is 5.75 Å². The zero-order valence-corrected chi connectivity index (χ0v) is 22.2. The topological polar surface area (TPSA) is 88.1 Å². The van der Waals surface area contributed by atoms with E-state index < -0.39 is 22.8 Å². The van der Waals surface area contributed by atoms with Gasteiger partial charge in [0.15, 0.2) is 0 Å². The predicted molar refractivity (Wildman–Crippen MR) is 148 cm³/mol. The maximum absolute atomic E-state index is 12.4. The monoisotopic (exact) mass is 522 g/mol. The van der Waals surface area contributed by atoms with Crippen molar-refractivity contribution < 1.29 is 22.4 Å². The molecule has 7 nitrogen and oxygen atoms in total. The summed E-state index contributed by atoms with van der Waals surface area (Å²) in [6.07, 6.45) is 3.03. The molecule has 3 aromatic rings. The minimum Gasteiger partial charge on any atom is -0.489 e. The van der Waals surface area contributed by atoms with Crippen molar-refractivity contribution in [3.05, 3.63) is 89.5 Å². The molecule has 0 spiro atoms. The summed E-state index contributed by atoms with van der Waals surface area (Å²) in [7, 11) is -3.96. The number of hydrogen-bond donors (Lipinski definition) is 2. The van der Waals surface area contributed by atoms with E-state index in [1.807, 2.05) is 25.1 Å². The summed E-state index contributed by atoms with van der Waals surface area (Å²) < 4.78 is 35.7. The van der Waals surface area contributed by atoms with Crippen LogP contribution in [-0.4, -0.2) is 45.9 Å². The molecule has 1 heterocycles. The van der Waals surface area contributed by atoms with E-state index in [1.54, 1.807) is 12.1 Å². The fourth-order valence-electron chi connectivity index (χ4n) is 4.22. The minimum absolute atomic E-state index is 0.0316. The third-order valence-electron chi connectivity index (χ3n) is 6.36. The van der Waals surface area contributed by atoms with E-state index >= 15 is 0 Å². The number of nitrogens with one attached hydrogen (secondary N) is 1. The molecule has 0 radical (unpaired) electrons. The molecule has 0 bridgehead atoms. The summed E-state index contributed by atoms with van der Waals surface area (Å²) in [5, 5.41) is 13.9. The van der Waals surface area contributed by atoms with Gasteiger partial charge in [0, 0.05) is 24.3 Å². The Morgan fingerprint density at radius 2 is 1.68 bits per heavy atom. The van der Waals surface area contributed by atoms with E-state index in [-0.39, 0.29) is 17.5 Å². The molecule has 1 aliphatic rings. The highest BCUT2D eigenvalue weighted by atomic mass is 32.2. The molecule has 37 heavy (non-hydrogen) atoms. The molecular weight excluding hydrogens is 488 g/mol. The van der Waals surface area contributed by atoms with E-state index in [4.69, 9.17) is 8.92 Å². The summed E-state index contributed by atoms with van der Waals surface area (Å²) in [5.74, 6) is 0.576. The molecule has 2 atom stereocenters. The van der Waals surface area contributed by atoms with Crippen LogP contribution < -0.4 is 15.0 Å². The number of ether oxygens (including phenoxy) is 1. The van der Waals surface area contributed by atoms with Crippen molar-refractivity contribution in [1.82, 2.24) is 0 Å². The number of hydrogen-bond acceptors (Lipinski definition) is 7. The van der Waals surface area contributed by atoms with Crippen molar-refractivity contribution >= 4 is 27.6 Å². The van der Waals surface area contributed by atoms with Crippen LogP contribution in [0, 0.1) is 6.92 Å². The summed E-state index contributed by atoms with van der Waals surface area (Å²) >= 11 is 0. The van der Waals surface area contributed by atoms with Gasteiger partial charge in [0.2, 0.25) is 0 Å². The van der Waals surface area contributed by atoms with Gasteiger partial charge in [-0.1, -0.05) is 54.1 Å². The van der Waals surface area contributed by atoms with Crippen LogP contribution >= 0.6 is 0 Å². The Balaban J connectivity index is 1.38. The normalized spacial score (nSPS) is 15.5. The summed E-state index contributed by atoms with van der Waals surface area (Å²) in [6, 6.07) is 20.5. The standard InChI is InChI=1S/C29H34N2O5S/c1-4-31(5-2)24-14-11-22(12-15-24)27-18-13-23-7-6-8-28(29(23)30-27)35-19-25(32)20-36-37(33,34)26-16-9-21(3)10-17-26/h6-18,25,27,30,32H,4-5,19-20H2,1-3H3/t25?,27-/m0/s1. The molecule has 0 saturated heterocycles. The first-order valence-electron chi connectivity index (χ1n) is 12.5. The second-order valence-electron chi connectivity index (χ2n) is 8.98. The number of aliphatic hydroxyl groups is 1. The third-order valence-corrected chi connectivity index (χ3v) is 7.66. The van der Waals surface area contributed by atoms with Crippen LogP contribution in [0.15, 0.2) is 77.7 Å². The molecule has 0 fully saturated rings. The second kappa shape index (κ2) is 11.8. The van der Waals surface area contributed by atoms with Crippen LogP contribution in [-0.2, 0) is 14.3 Å². The number of aliphatic hydroxyl groups excluding tert-OH is 1. The summed E-state index contributed by atoms with van der Waals surface area (Å²) in [5.41, 5.74) is 5.06. The Labute approximate surface area is 219 Å². The van der Waals surface area contributed by atoms with Gasteiger partial charge in [-0.15, -0.1) is 0 Å². The van der Waals surface area contributed by atoms with Crippen LogP contribution in [0.1, 0.15) is 36.6 Å². The molecule has 0 amide bonds. The van der Waals surface area contributed by atoms with E-state index in [1.165, 1.54) is 17.8 Å². The lowest BCUT2D eigenvalue weighted by atomic mass is 9.99. The second-order valence-corrected chi connectivity index (χ2v) is 10.6. The van der Waals surface area contributed by atoms with Gasteiger partial charge in [-0.3, -0.25) is 4.18 Å². The fourth-order valence-corrected chi connectivity index (χ4v) is 5.16. The van der Waals surface area contributed by atoms with E-state index in [2.05, 4.69) is 60.5 Å². The quantitative estimate of drug-likeness (QED) is 0.336. The Morgan fingerprint density at radius 1 is 0.973 bits per heavy atom. The molecule has 1 unspecified atom stereocenters. The Bertz CT molecular complexity index is 1320. The smallest absolute Gasteiger partial charge is 0.297 e. The maximum atomic E-state index is 12.4. The molecule has 1 aliphatic heterocycles. The number of anilines is 2.